The van der Waals surface area contributed by atoms with Crippen molar-refractivity contribution < 1.29 is 9.90 Å². The highest BCUT2D eigenvalue weighted by Crippen LogP contribution is 2.39. The number of carbonyl (C=O) groups is 1. The Labute approximate surface area is 133 Å². The van der Waals surface area contributed by atoms with Crippen LogP contribution in [-0.2, 0) is 4.79 Å². The lowest BCUT2D eigenvalue weighted by Gasteiger charge is -2.07. The molecule has 112 valence electrons. The smallest absolute Gasteiger partial charge is 0.190 e. The van der Waals surface area contributed by atoms with Gasteiger partial charge in [0.05, 0.1) is 17.5 Å². The van der Waals surface area contributed by atoms with E-state index in [0.717, 1.165) is 16.5 Å². The number of Topliss-reactive ketones (excluding diaryl/α,β-unsaturated/α-hetero) is 1. The largest absolute Gasteiger partial charge is 0.499 e. The van der Waals surface area contributed by atoms with Gasteiger partial charge in [0, 0.05) is 10.1 Å². The van der Waals surface area contributed by atoms with Crippen molar-refractivity contribution in [3.8, 4) is 5.06 Å². The summed E-state index contributed by atoms with van der Waals surface area (Å²) in [5.74, 6) is -0.421. The number of hydrogen-bond donors (Lipinski definition) is 1. The molecule has 1 aromatic carbocycles. The molecule has 22 heavy (non-hydrogen) atoms. The molecule has 1 aliphatic rings. The molecule has 1 aromatic heterocycles. The predicted octanol–water partition coefficient (Wildman–Crippen LogP) is 4.12. The Morgan fingerprint density at radius 1 is 1.41 bits per heavy atom. The van der Waals surface area contributed by atoms with Crippen LogP contribution in [0.2, 0.25) is 0 Å². The Hall–Kier alpha value is -2.20. The molecule has 3 rings (SSSR count). The Morgan fingerprint density at radius 2 is 2.18 bits per heavy atom. The van der Waals surface area contributed by atoms with Crippen molar-refractivity contribution in [3.63, 3.8) is 0 Å². The molecule has 0 radical (unpaired) electrons. The van der Waals surface area contributed by atoms with E-state index in [-0.39, 0.29) is 22.8 Å². The molecule has 2 unspecified atom stereocenters. The first-order valence-electron chi connectivity index (χ1n) is 7.29. The van der Waals surface area contributed by atoms with E-state index in [1.54, 1.807) is 6.08 Å². The molecule has 1 N–H and O–H groups in total. The number of aliphatic imine (C=N–C) groups is 1. The second kappa shape index (κ2) is 5.89. The molecular weight excluding hydrogens is 294 g/mol. The Morgan fingerprint density at radius 3 is 2.91 bits per heavy atom. The fourth-order valence-corrected chi connectivity index (χ4v) is 3.68. The van der Waals surface area contributed by atoms with E-state index in [4.69, 9.17) is 0 Å². The van der Waals surface area contributed by atoms with Crippen LogP contribution in [0.3, 0.4) is 0 Å². The third kappa shape index (κ3) is 2.29. The van der Waals surface area contributed by atoms with Gasteiger partial charge in [0.15, 0.2) is 10.8 Å². The van der Waals surface area contributed by atoms with E-state index in [0.29, 0.717) is 11.3 Å². The van der Waals surface area contributed by atoms with Gasteiger partial charge in [0.25, 0.3) is 0 Å². The van der Waals surface area contributed by atoms with Gasteiger partial charge >= 0.3 is 0 Å². The van der Waals surface area contributed by atoms with E-state index >= 15 is 0 Å². The van der Waals surface area contributed by atoms with E-state index in [1.807, 2.05) is 43.3 Å². The number of allylic oxidation sites excluding steroid dienone is 1. The van der Waals surface area contributed by atoms with Crippen LogP contribution in [0.25, 0.3) is 10.1 Å². The monoisotopic (exact) mass is 311 g/mol. The van der Waals surface area contributed by atoms with Crippen LogP contribution in [0.4, 0.5) is 0 Å². The van der Waals surface area contributed by atoms with E-state index in [2.05, 4.69) is 11.6 Å². The molecule has 0 bridgehead atoms. The number of thiophene rings is 1. The van der Waals surface area contributed by atoms with Gasteiger partial charge in [-0.05, 0) is 12.5 Å². The van der Waals surface area contributed by atoms with Crippen molar-refractivity contribution in [2.45, 2.75) is 19.4 Å². The minimum absolute atomic E-state index is 0.0698. The highest BCUT2D eigenvalue weighted by atomic mass is 32.1. The lowest BCUT2D eigenvalue weighted by Crippen LogP contribution is -2.20. The summed E-state index contributed by atoms with van der Waals surface area (Å²) in [7, 11) is 0. The normalized spacial score (nSPS) is 21.7. The Balaban J connectivity index is 2.13. The van der Waals surface area contributed by atoms with Gasteiger partial charge < -0.3 is 5.11 Å². The molecule has 0 aliphatic carbocycles. The zero-order valence-electron chi connectivity index (χ0n) is 12.3. The second-order valence-electron chi connectivity index (χ2n) is 5.21. The van der Waals surface area contributed by atoms with E-state index in [9.17, 15) is 9.90 Å². The zero-order valence-corrected chi connectivity index (χ0v) is 13.1. The number of hydrogen-bond acceptors (Lipinski definition) is 4. The summed E-state index contributed by atoms with van der Waals surface area (Å²) in [6, 6.07) is 7.44. The molecule has 2 aromatic rings. The fraction of sp³-hybridized carbons (Fsp3) is 0.222. The van der Waals surface area contributed by atoms with Gasteiger partial charge in [-0.15, -0.1) is 6.58 Å². The van der Waals surface area contributed by atoms with Gasteiger partial charge in [0.1, 0.15) is 5.71 Å². The van der Waals surface area contributed by atoms with Gasteiger partial charge in [-0.1, -0.05) is 54.7 Å². The predicted molar refractivity (Wildman–Crippen MR) is 91.9 cm³/mol. The summed E-state index contributed by atoms with van der Waals surface area (Å²) in [4.78, 5) is 17.2. The molecule has 3 nitrogen and oxygen atoms in total. The SMILES string of the molecule is C=CC1C(=O)C(c2c(O)sc3ccccc23)=NC1/C=C\CC. The number of nitrogens with zero attached hydrogens (tertiary/aromatic N) is 1. The first kappa shape index (κ1) is 14.7. The standard InChI is InChI=1S/C18H17NO2S/c1-3-5-9-13-11(4-2)17(20)16(19-13)15-12-8-6-7-10-14(12)22-18(15)21/h4-11,13,21H,2-3H2,1H3/b9-5-. The second-order valence-corrected chi connectivity index (χ2v) is 6.24. The summed E-state index contributed by atoms with van der Waals surface area (Å²) in [6.07, 6.45) is 6.50. The summed E-state index contributed by atoms with van der Waals surface area (Å²) in [6.45, 7) is 5.80. The minimum Gasteiger partial charge on any atom is -0.499 e. The first-order chi connectivity index (χ1) is 10.7. The van der Waals surface area contributed by atoms with Gasteiger partial charge in [-0.3, -0.25) is 9.79 Å². The molecular formula is C18H17NO2S. The fourth-order valence-electron chi connectivity index (χ4n) is 2.74. The molecule has 0 spiro atoms. The van der Waals surface area contributed by atoms with E-state index in [1.165, 1.54) is 11.3 Å². The van der Waals surface area contributed by atoms with Gasteiger partial charge in [0.2, 0.25) is 0 Å². The topological polar surface area (TPSA) is 49.7 Å². The third-order valence-corrected chi connectivity index (χ3v) is 4.79. The maximum Gasteiger partial charge on any atom is 0.190 e. The van der Waals surface area contributed by atoms with Gasteiger partial charge in [-0.25, -0.2) is 0 Å². The molecule has 1 aliphatic heterocycles. The molecule has 4 heteroatoms. The minimum atomic E-state index is -0.351. The average molecular weight is 311 g/mol. The van der Waals surface area contributed by atoms with Crippen molar-refractivity contribution in [2.24, 2.45) is 10.9 Å². The van der Waals surface area contributed by atoms with E-state index < -0.39 is 0 Å². The van der Waals surface area contributed by atoms with Crippen LogP contribution in [0.5, 0.6) is 5.06 Å². The number of ketones is 1. The number of aromatic hydroxyl groups is 1. The summed E-state index contributed by atoms with van der Waals surface area (Å²) < 4.78 is 0.952. The summed E-state index contributed by atoms with van der Waals surface area (Å²) in [5, 5.41) is 11.3. The number of benzene rings is 1. The molecule has 2 heterocycles. The van der Waals surface area contributed by atoms with Gasteiger partial charge in [-0.2, -0.15) is 0 Å². The quantitative estimate of drug-likeness (QED) is 0.864. The van der Waals surface area contributed by atoms with Crippen LogP contribution in [0.15, 0.2) is 54.1 Å². The molecule has 0 fully saturated rings. The van der Waals surface area contributed by atoms with Crippen molar-refractivity contribution in [1.29, 1.82) is 0 Å². The highest BCUT2D eigenvalue weighted by Gasteiger charge is 2.37. The lowest BCUT2D eigenvalue weighted by atomic mass is 9.94. The molecule has 0 saturated carbocycles. The van der Waals surface area contributed by atoms with Crippen molar-refractivity contribution in [3.05, 3.63) is 54.6 Å². The van der Waals surface area contributed by atoms with Crippen LogP contribution in [0.1, 0.15) is 18.9 Å². The maximum absolute atomic E-state index is 12.7. The number of rotatable bonds is 4. The van der Waals surface area contributed by atoms with Crippen LogP contribution < -0.4 is 0 Å². The van der Waals surface area contributed by atoms with Crippen LogP contribution in [-0.4, -0.2) is 22.6 Å². The molecule has 2 atom stereocenters. The summed E-state index contributed by atoms with van der Waals surface area (Å²) in [5.41, 5.74) is 0.926. The Kier molecular flexibility index (Phi) is 3.94. The van der Waals surface area contributed by atoms with Crippen LogP contribution in [0, 0.1) is 5.92 Å². The molecule has 0 saturated heterocycles. The highest BCUT2D eigenvalue weighted by molar-refractivity contribution is 7.21. The maximum atomic E-state index is 12.7. The number of carbonyl (C=O) groups excluding carboxylic acids is 1. The zero-order chi connectivity index (χ0) is 15.7. The Bertz CT molecular complexity index is 801. The average Bonchev–Trinajstić information content (AvgIpc) is 3.01. The summed E-state index contributed by atoms with van der Waals surface area (Å²) >= 11 is 1.27. The van der Waals surface area contributed by atoms with Crippen LogP contribution >= 0.6 is 11.3 Å². The van der Waals surface area contributed by atoms with Crippen molar-refractivity contribution >= 4 is 32.9 Å². The van der Waals surface area contributed by atoms with Crippen molar-refractivity contribution in [1.82, 2.24) is 0 Å². The molecule has 0 amide bonds. The van der Waals surface area contributed by atoms with Crippen molar-refractivity contribution in [2.75, 3.05) is 0 Å². The third-order valence-electron chi connectivity index (χ3n) is 3.82. The lowest BCUT2D eigenvalue weighted by molar-refractivity contribution is -0.114. The number of fused-ring (bicyclic) bond motifs is 1. The first-order valence-corrected chi connectivity index (χ1v) is 8.11.